The van der Waals surface area contributed by atoms with E-state index in [0.29, 0.717) is 34.2 Å². The van der Waals surface area contributed by atoms with Crippen molar-refractivity contribution in [1.29, 1.82) is 0 Å². The van der Waals surface area contributed by atoms with E-state index in [0.717, 1.165) is 42.5 Å². The van der Waals surface area contributed by atoms with Crippen LogP contribution < -0.4 is 5.14 Å². The number of sulfonamides is 1. The Morgan fingerprint density at radius 1 is 1.03 bits per heavy atom. The predicted octanol–water partition coefficient (Wildman–Crippen LogP) is 4.69. The van der Waals surface area contributed by atoms with E-state index in [-0.39, 0.29) is 4.90 Å². The molecule has 2 heterocycles. The molecule has 0 unspecified atom stereocenters. The Morgan fingerprint density at radius 2 is 1.76 bits per heavy atom. The third kappa shape index (κ3) is 3.26. The van der Waals surface area contributed by atoms with Crippen molar-refractivity contribution in [3.63, 3.8) is 0 Å². The lowest BCUT2D eigenvalue weighted by molar-refractivity contribution is 0.393. The topological polar surface area (TPSA) is 99.1 Å². The maximum atomic E-state index is 12.5. The lowest BCUT2D eigenvalue weighted by Crippen LogP contribution is -2.14. The fourth-order valence-electron chi connectivity index (χ4n) is 4.80. The first kappa shape index (κ1) is 18.8. The van der Waals surface area contributed by atoms with E-state index in [4.69, 9.17) is 14.6 Å². The molecule has 2 saturated carbocycles. The molecule has 2 aromatic heterocycles. The van der Waals surface area contributed by atoms with Crippen molar-refractivity contribution in [3.05, 3.63) is 40.9 Å². The Labute approximate surface area is 170 Å². The number of nitrogens with zero attached hydrogens (tertiary/aromatic N) is 2. The Bertz CT molecular complexity index is 1200. The minimum Gasteiger partial charge on any atom is -0.361 e. The monoisotopic (exact) mass is 411 g/mol. The molecule has 0 bridgehead atoms. The molecule has 6 nitrogen and oxygen atoms in total. The number of hydrogen-bond donors (Lipinski definition) is 1. The Balaban J connectivity index is 1.81. The number of rotatable bonds is 4. The molecular formula is C22H25N3O3S. The van der Waals surface area contributed by atoms with Gasteiger partial charge in [0.05, 0.1) is 16.1 Å². The lowest BCUT2D eigenvalue weighted by Gasteiger charge is -2.17. The molecule has 2 fully saturated rings. The smallest absolute Gasteiger partial charge is 0.238 e. The van der Waals surface area contributed by atoms with Crippen LogP contribution in [0.3, 0.4) is 0 Å². The quantitative estimate of drug-likeness (QED) is 0.671. The van der Waals surface area contributed by atoms with Crippen LogP contribution in [0.5, 0.6) is 0 Å². The highest BCUT2D eigenvalue weighted by molar-refractivity contribution is 7.89. The predicted molar refractivity (Wildman–Crippen MR) is 111 cm³/mol. The minimum atomic E-state index is -3.92. The van der Waals surface area contributed by atoms with Crippen molar-refractivity contribution in [1.82, 2.24) is 10.1 Å². The molecule has 0 aliphatic heterocycles. The summed E-state index contributed by atoms with van der Waals surface area (Å²) < 4.78 is 30.3. The number of fused-ring (bicyclic) bond motifs is 1. The number of nitrogens with two attached hydrogens (primary N) is 1. The number of benzene rings is 1. The Morgan fingerprint density at radius 3 is 2.34 bits per heavy atom. The molecule has 5 rings (SSSR count). The summed E-state index contributed by atoms with van der Waals surface area (Å²) >= 11 is 0. The fourth-order valence-corrected chi connectivity index (χ4v) is 5.56. The van der Waals surface area contributed by atoms with E-state index >= 15 is 0 Å². The highest BCUT2D eigenvalue weighted by Gasteiger charge is 2.32. The maximum absolute atomic E-state index is 12.5. The van der Waals surface area contributed by atoms with Crippen LogP contribution in [0.25, 0.3) is 22.0 Å². The van der Waals surface area contributed by atoms with Crippen molar-refractivity contribution >= 4 is 20.9 Å². The molecular weight excluding hydrogens is 386 g/mol. The average molecular weight is 412 g/mol. The first-order chi connectivity index (χ1) is 13.8. The second kappa shape index (κ2) is 6.64. The second-order valence-electron chi connectivity index (χ2n) is 8.50. The van der Waals surface area contributed by atoms with Crippen molar-refractivity contribution in [2.45, 2.75) is 69.1 Å². The summed E-state index contributed by atoms with van der Waals surface area (Å²) in [7, 11) is -3.92. The molecule has 2 aliphatic rings. The number of aryl methyl sites for hydroxylation is 2. The molecule has 2 aliphatic carbocycles. The summed E-state index contributed by atoms with van der Waals surface area (Å²) in [5.74, 6) is 1.61. The normalized spacial score (nSPS) is 18.0. The third-order valence-corrected chi connectivity index (χ3v) is 7.30. The number of hydrogen-bond acceptors (Lipinski definition) is 5. The van der Waals surface area contributed by atoms with Gasteiger partial charge in [0.15, 0.2) is 0 Å². The van der Waals surface area contributed by atoms with E-state index in [2.05, 4.69) is 11.2 Å². The summed E-state index contributed by atoms with van der Waals surface area (Å²) in [6.45, 7) is 3.67. The maximum Gasteiger partial charge on any atom is 0.238 e. The van der Waals surface area contributed by atoms with Crippen molar-refractivity contribution in [2.75, 3.05) is 0 Å². The average Bonchev–Trinajstić information content (AvgIpc) is 3.26. The summed E-state index contributed by atoms with van der Waals surface area (Å²) in [6.07, 6.45) is 7.05. The van der Waals surface area contributed by atoms with Crippen LogP contribution in [0.1, 0.15) is 73.1 Å². The zero-order valence-corrected chi connectivity index (χ0v) is 17.6. The van der Waals surface area contributed by atoms with Crippen LogP contribution in [-0.4, -0.2) is 18.6 Å². The second-order valence-corrected chi connectivity index (χ2v) is 10.0. The molecule has 0 spiro atoms. The molecule has 0 saturated heterocycles. The van der Waals surface area contributed by atoms with E-state index < -0.39 is 10.0 Å². The molecule has 0 radical (unpaired) electrons. The Kier molecular flexibility index (Phi) is 4.29. The zero-order valence-electron chi connectivity index (χ0n) is 16.7. The van der Waals surface area contributed by atoms with Crippen LogP contribution in [0.15, 0.2) is 27.6 Å². The van der Waals surface area contributed by atoms with Crippen LogP contribution >= 0.6 is 0 Å². The molecule has 7 heteroatoms. The first-order valence-corrected chi connectivity index (χ1v) is 11.8. The minimum absolute atomic E-state index is 0.124. The van der Waals surface area contributed by atoms with Gasteiger partial charge >= 0.3 is 0 Å². The largest absolute Gasteiger partial charge is 0.361 e. The Hall–Kier alpha value is -2.25. The SMILES string of the molecule is Cc1noc(C)c1-c1cc(S(N)(=O)=O)c2cc(C3CCCC3)c(C3CC3)nc2c1. The molecule has 1 aromatic carbocycles. The molecule has 2 N–H and O–H groups in total. The first-order valence-electron chi connectivity index (χ1n) is 10.3. The number of pyridine rings is 1. The fraction of sp³-hybridized carbons (Fsp3) is 0.455. The summed E-state index contributed by atoms with van der Waals surface area (Å²) in [4.78, 5) is 5.14. The molecule has 0 atom stereocenters. The number of primary sulfonamides is 1. The van der Waals surface area contributed by atoms with Crippen molar-refractivity contribution < 1.29 is 12.9 Å². The highest BCUT2D eigenvalue weighted by Crippen LogP contribution is 2.47. The summed E-state index contributed by atoms with van der Waals surface area (Å²) in [6, 6.07) is 5.64. The van der Waals surface area contributed by atoms with Gasteiger partial charge in [0.2, 0.25) is 10.0 Å². The molecule has 152 valence electrons. The van der Waals surface area contributed by atoms with Gasteiger partial charge in [-0.25, -0.2) is 13.6 Å². The van der Waals surface area contributed by atoms with E-state index in [1.165, 1.54) is 18.4 Å². The molecule has 0 amide bonds. The van der Waals surface area contributed by atoms with Crippen molar-refractivity contribution in [3.8, 4) is 11.1 Å². The standard InChI is InChI=1S/C22H25N3O3S/c1-12-21(13(2)28-25-12)16-9-19-18(20(10-16)29(23,26)27)11-17(14-5-3-4-6-14)22(24-19)15-7-8-15/h9-11,14-15H,3-8H2,1-2H3,(H2,23,26,27). The van der Waals surface area contributed by atoms with Gasteiger partial charge in [-0.1, -0.05) is 18.0 Å². The van der Waals surface area contributed by atoms with Crippen molar-refractivity contribution in [2.24, 2.45) is 5.14 Å². The summed E-state index contributed by atoms with van der Waals surface area (Å²) in [5.41, 5.74) is 5.29. The van der Waals surface area contributed by atoms with Gasteiger partial charge in [0.1, 0.15) is 5.76 Å². The van der Waals surface area contributed by atoms with E-state index in [9.17, 15) is 8.42 Å². The van der Waals surface area contributed by atoms with Gasteiger partial charge in [0, 0.05) is 22.6 Å². The van der Waals surface area contributed by atoms with Crippen LogP contribution in [0.2, 0.25) is 0 Å². The third-order valence-electron chi connectivity index (χ3n) is 6.34. The van der Waals surface area contributed by atoms with Gasteiger partial charge in [0.25, 0.3) is 0 Å². The highest BCUT2D eigenvalue weighted by atomic mass is 32.2. The van der Waals surface area contributed by atoms with Crippen LogP contribution in [0.4, 0.5) is 0 Å². The van der Waals surface area contributed by atoms with Gasteiger partial charge in [-0.2, -0.15) is 0 Å². The van der Waals surface area contributed by atoms with E-state index in [1.807, 2.05) is 19.9 Å². The molecule has 3 aromatic rings. The van der Waals surface area contributed by atoms with Gasteiger partial charge in [-0.15, -0.1) is 0 Å². The van der Waals surface area contributed by atoms with Crippen LogP contribution in [-0.2, 0) is 10.0 Å². The van der Waals surface area contributed by atoms with Gasteiger partial charge < -0.3 is 4.52 Å². The summed E-state index contributed by atoms with van der Waals surface area (Å²) in [5, 5.41) is 10.3. The zero-order chi connectivity index (χ0) is 20.3. The van der Waals surface area contributed by atoms with Gasteiger partial charge in [-0.05, 0) is 74.8 Å². The number of aromatic nitrogens is 2. The lowest BCUT2D eigenvalue weighted by atomic mass is 9.92. The molecule has 29 heavy (non-hydrogen) atoms. The van der Waals surface area contributed by atoms with Gasteiger partial charge in [-0.3, -0.25) is 4.98 Å². The van der Waals surface area contributed by atoms with Crippen LogP contribution in [0, 0.1) is 13.8 Å². The van der Waals surface area contributed by atoms with E-state index in [1.54, 1.807) is 6.07 Å².